The van der Waals surface area contributed by atoms with E-state index in [1.54, 1.807) is 14.2 Å². The van der Waals surface area contributed by atoms with Crippen LogP contribution in [0.2, 0.25) is 0 Å². The molecule has 1 aromatic carbocycles. The lowest BCUT2D eigenvalue weighted by atomic mass is 10.2. The molecule has 1 saturated heterocycles. The lowest BCUT2D eigenvalue weighted by Gasteiger charge is -2.34. The predicted octanol–water partition coefficient (Wildman–Crippen LogP) is 1.22. The van der Waals surface area contributed by atoms with Gasteiger partial charge in [-0.3, -0.25) is 4.90 Å². The molecule has 1 unspecified atom stereocenters. The number of ether oxygens (including phenoxy) is 3. The van der Waals surface area contributed by atoms with Crippen molar-refractivity contribution in [3.05, 3.63) is 23.8 Å². The minimum absolute atomic E-state index is 0.336. The van der Waals surface area contributed by atoms with E-state index in [1.165, 1.54) is 0 Å². The van der Waals surface area contributed by atoms with E-state index in [2.05, 4.69) is 16.7 Å². The standard InChI is InChI=1S/C18H30N2O4/c1-4-19-7-9-20(10-8-19)12-16(21)14-24-13-15-5-6-17(22-2)18(11-15)23-3/h5-6,11,16,21H,4,7-10,12-14H2,1-3H3. The number of methoxy groups -OCH3 is 2. The second-order valence-electron chi connectivity index (χ2n) is 6.09. The van der Waals surface area contributed by atoms with Gasteiger partial charge >= 0.3 is 0 Å². The Morgan fingerprint density at radius 2 is 1.71 bits per heavy atom. The summed E-state index contributed by atoms with van der Waals surface area (Å²) in [6.07, 6.45) is -0.460. The van der Waals surface area contributed by atoms with E-state index in [4.69, 9.17) is 14.2 Å². The van der Waals surface area contributed by atoms with Gasteiger partial charge in [-0.1, -0.05) is 13.0 Å². The first-order valence-corrected chi connectivity index (χ1v) is 8.57. The first kappa shape index (κ1) is 19.0. The normalized spacial score (nSPS) is 17.7. The SMILES string of the molecule is CCN1CCN(CC(O)COCc2ccc(OC)c(OC)c2)CC1. The van der Waals surface area contributed by atoms with Gasteiger partial charge in [0.2, 0.25) is 0 Å². The van der Waals surface area contributed by atoms with Crippen LogP contribution in [0.1, 0.15) is 12.5 Å². The van der Waals surface area contributed by atoms with Gasteiger partial charge in [0.05, 0.1) is 33.5 Å². The zero-order valence-corrected chi connectivity index (χ0v) is 15.0. The summed E-state index contributed by atoms with van der Waals surface area (Å²) in [5.74, 6) is 1.39. The quantitative estimate of drug-likeness (QED) is 0.731. The molecular weight excluding hydrogens is 308 g/mol. The molecule has 0 aliphatic carbocycles. The van der Waals surface area contributed by atoms with Gasteiger partial charge in [-0.2, -0.15) is 0 Å². The van der Waals surface area contributed by atoms with E-state index in [0.717, 1.165) is 38.3 Å². The van der Waals surface area contributed by atoms with Crippen LogP contribution in [0, 0.1) is 0 Å². The number of benzene rings is 1. The number of β-amino-alcohol motifs (C(OH)–C–C–N with tert-alkyl or cyclic N) is 1. The Hall–Kier alpha value is -1.34. The van der Waals surface area contributed by atoms with E-state index < -0.39 is 6.10 Å². The summed E-state index contributed by atoms with van der Waals surface area (Å²) in [4.78, 5) is 4.73. The van der Waals surface area contributed by atoms with Crippen molar-refractivity contribution in [1.82, 2.24) is 9.80 Å². The van der Waals surface area contributed by atoms with Crippen LogP contribution in [0.3, 0.4) is 0 Å². The molecule has 0 amide bonds. The van der Waals surface area contributed by atoms with Crippen LogP contribution in [0.4, 0.5) is 0 Å². The zero-order valence-electron chi connectivity index (χ0n) is 15.0. The van der Waals surface area contributed by atoms with E-state index >= 15 is 0 Å². The fourth-order valence-electron chi connectivity index (χ4n) is 2.92. The Balaban J connectivity index is 1.70. The number of hydrogen-bond acceptors (Lipinski definition) is 6. The molecule has 2 rings (SSSR count). The first-order valence-electron chi connectivity index (χ1n) is 8.57. The molecule has 0 spiro atoms. The topological polar surface area (TPSA) is 54.4 Å². The number of piperazine rings is 1. The number of aliphatic hydroxyl groups excluding tert-OH is 1. The maximum Gasteiger partial charge on any atom is 0.161 e. The van der Waals surface area contributed by atoms with Gasteiger partial charge in [0.1, 0.15) is 0 Å². The van der Waals surface area contributed by atoms with E-state index in [0.29, 0.717) is 31.3 Å². The van der Waals surface area contributed by atoms with Gasteiger partial charge < -0.3 is 24.2 Å². The zero-order chi connectivity index (χ0) is 17.4. The maximum absolute atomic E-state index is 10.2. The summed E-state index contributed by atoms with van der Waals surface area (Å²) in [7, 11) is 3.23. The lowest BCUT2D eigenvalue weighted by molar-refractivity contribution is 0.00173. The third kappa shape index (κ3) is 5.63. The summed E-state index contributed by atoms with van der Waals surface area (Å²) in [6.45, 7) is 8.93. The molecule has 1 aromatic rings. The molecule has 0 bridgehead atoms. The van der Waals surface area contributed by atoms with Crippen molar-refractivity contribution in [3.63, 3.8) is 0 Å². The summed E-state index contributed by atoms with van der Waals surface area (Å²) in [5.41, 5.74) is 0.997. The molecule has 1 aliphatic rings. The van der Waals surface area contributed by atoms with Gasteiger partial charge in [0.25, 0.3) is 0 Å². The average Bonchev–Trinajstić information content (AvgIpc) is 2.62. The highest BCUT2D eigenvalue weighted by molar-refractivity contribution is 5.42. The summed E-state index contributed by atoms with van der Waals surface area (Å²) in [5, 5.41) is 10.2. The van der Waals surface area contributed by atoms with E-state index in [-0.39, 0.29) is 0 Å². The minimum atomic E-state index is -0.460. The second kappa shape index (κ2) is 9.84. The van der Waals surface area contributed by atoms with Crippen LogP contribution in [0.25, 0.3) is 0 Å². The lowest BCUT2D eigenvalue weighted by Crippen LogP contribution is -2.48. The van der Waals surface area contributed by atoms with Crippen molar-refractivity contribution in [1.29, 1.82) is 0 Å². The Labute approximate surface area is 144 Å². The molecule has 0 aromatic heterocycles. The molecule has 1 heterocycles. The molecule has 0 radical (unpaired) electrons. The molecule has 1 fully saturated rings. The Morgan fingerprint density at radius 1 is 1.04 bits per heavy atom. The number of nitrogens with zero attached hydrogens (tertiary/aromatic N) is 2. The number of aliphatic hydroxyl groups is 1. The molecule has 1 atom stereocenters. The van der Waals surface area contributed by atoms with Gasteiger partial charge in [-0.15, -0.1) is 0 Å². The van der Waals surface area contributed by atoms with Gasteiger partial charge in [-0.25, -0.2) is 0 Å². The highest BCUT2D eigenvalue weighted by Gasteiger charge is 2.18. The second-order valence-corrected chi connectivity index (χ2v) is 6.09. The molecule has 6 nitrogen and oxygen atoms in total. The van der Waals surface area contributed by atoms with Crippen LogP contribution in [-0.4, -0.2) is 81.1 Å². The van der Waals surface area contributed by atoms with Gasteiger partial charge in [-0.05, 0) is 24.2 Å². The summed E-state index contributed by atoms with van der Waals surface area (Å²) < 4.78 is 16.2. The Bertz CT molecular complexity index is 490. The van der Waals surface area contributed by atoms with Crippen molar-refractivity contribution >= 4 is 0 Å². The largest absolute Gasteiger partial charge is 0.493 e. The Kier molecular flexibility index (Phi) is 7.78. The molecule has 1 N–H and O–H groups in total. The third-order valence-electron chi connectivity index (χ3n) is 4.41. The minimum Gasteiger partial charge on any atom is -0.493 e. The third-order valence-corrected chi connectivity index (χ3v) is 4.41. The number of hydrogen-bond donors (Lipinski definition) is 1. The molecule has 136 valence electrons. The smallest absolute Gasteiger partial charge is 0.161 e. The van der Waals surface area contributed by atoms with Crippen molar-refractivity contribution in [3.8, 4) is 11.5 Å². The van der Waals surface area contributed by atoms with Crippen LogP contribution in [0.5, 0.6) is 11.5 Å². The molecule has 0 saturated carbocycles. The van der Waals surface area contributed by atoms with E-state index in [9.17, 15) is 5.11 Å². The average molecular weight is 338 g/mol. The first-order chi connectivity index (χ1) is 11.7. The maximum atomic E-state index is 10.2. The summed E-state index contributed by atoms with van der Waals surface area (Å²) >= 11 is 0. The highest BCUT2D eigenvalue weighted by Crippen LogP contribution is 2.27. The van der Waals surface area contributed by atoms with E-state index in [1.807, 2.05) is 18.2 Å². The molecule has 24 heavy (non-hydrogen) atoms. The molecule has 1 aliphatic heterocycles. The summed E-state index contributed by atoms with van der Waals surface area (Å²) in [6, 6.07) is 5.70. The van der Waals surface area contributed by atoms with Crippen molar-refractivity contribution < 1.29 is 19.3 Å². The van der Waals surface area contributed by atoms with Crippen molar-refractivity contribution in [2.45, 2.75) is 19.6 Å². The van der Waals surface area contributed by atoms with Crippen LogP contribution < -0.4 is 9.47 Å². The fourth-order valence-corrected chi connectivity index (χ4v) is 2.92. The van der Waals surface area contributed by atoms with Gasteiger partial charge in [0.15, 0.2) is 11.5 Å². The van der Waals surface area contributed by atoms with Crippen LogP contribution >= 0.6 is 0 Å². The number of rotatable bonds is 9. The van der Waals surface area contributed by atoms with Crippen LogP contribution in [0.15, 0.2) is 18.2 Å². The predicted molar refractivity (Wildman–Crippen MR) is 93.8 cm³/mol. The van der Waals surface area contributed by atoms with Crippen molar-refractivity contribution in [2.75, 3.05) is 60.1 Å². The highest BCUT2D eigenvalue weighted by atomic mass is 16.5. The van der Waals surface area contributed by atoms with Crippen LogP contribution in [-0.2, 0) is 11.3 Å². The fraction of sp³-hybridized carbons (Fsp3) is 0.667. The monoisotopic (exact) mass is 338 g/mol. The van der Waals surface area contributed by atoms with Gasteiger partial charge in [0, 0.05) is 32.7 Å². The molecule has 6 heteroatoms. The Morgan fingerprint density at radius 3 is 2.33 bits per heavy atom. The number of likely N-dealkylation sites (N-methyl/N-ethyl adjacent to an activating group) is 1. The molecular formula is C18H30N2O4. The van der Waals surface area contributed by atoms with Crippen molar-refractivity contribution in [2.24, 2.45) is 0 Å².